The predicted molar refractivity (Wildman–Crippen MR) is 123 cm³/mol. The Morgan fingerprint density at radius 2 is 1.88 bits per heavy atom. The summed E-state index contributed by atoms with van der Waals surface area (Å²) in [4.78, 5) is 50.1. The molecule has 2 aromatic rings. The van der Waals surface area contributed by atoms with E-state index in [9.17, 15) is 19.2 Å². The number of imide groups is 1. The molecule has 33 heavy (non-hydrogen) atoms. The van der Waals surface area contributed by atoms with Crippen molar-refractivity contribution in [2.75, 3.05) is 32.7 Å². The minimum atomic E-state index is -0.605. The highest BCUT2D eigenvalue weighted by Crippen LogP contribution is 2.37. The lowest BCUT2D eigenvalue weighted by molar-refractivity contribution is -0.143. The largest absolute Gasteiger partial charge is 0.493 e. The van der Waals surface area contributed by atoms with Crippen molar-refractivity contribution in [3.63, 3.8) is 0 Å². The Labute approximate surface area is 194 Å². The number of hydrogen-bond donors (Lipinski definition) is 1. The molecule has 3 rings (SSSR count). The number of ether oxygens (including phenoxy) is 3. The van der Waals surface area contributed by atoms with Gasteiger partial charge in [0.05, 0.1) is 19.1 Å². The Balaban J connectivity index is 1.77. The zero-order valence-corrected chi connectivity index (χ0v) is 19.1. The number of benzene rings is 2. The highest BCUT2D eigenvalue weighted by molar-refractivity contribution is 8.18. The van der Waals surface area contributed by atoms with Gasteiger partial charge in [0, 0.05) is 11.3 Å². The van der Waals surface area contributed by atoms with Crippen molar-refractivity contribution in [2.45, 2.75) is 6.92 Å². The number of amides is 3. The summed E-state index contributed by atoms with van der Waals surface area (Å²) in [5.74, 6) is -1.13. The van der Waals surface area contributed by atoms with Gasteiger partial charge in [0.1, 0.15) is 6.54 Å². The Bertz CT molecular complexity index is 1130. The van der Waals surface area contributed by atoms with E-state index in [-0.39, 0.29) is 17.3 Å². The summed E-state index contributed by atoms with van der Waals surface area (Å²) in [6.45, 7) is 1.11. The number of para-hydroxylation sites is 1. The van der Waals surface area contributed by atoms with Crippen molar-refractivity contribution in [3.8, 4) is 11.5 Å². The molecule has 1 heterocycles. The summed E-state index contributed by atoms with van der Waals surface area (Å²) in [7, 11) is 2.67. The van der Waals surface area contributed by atoms with Crippen molar-refractivity contribution in [2.24, 2.45) is 0 Å². The molecule has 0 unspecified atom stereocenters. The second-order valence-corrected chi connectivity index (χ2v) is 7.92. The predicted octanol–water partition coefficient (Wildman–Crippen LogP) is 3.23. The number of esters is 1. The third-order valence-electron chi connectivity index (χ3n) is 4.56. The molecule has 1 fully saturated rings. The van der Waals surface area contributed by atoms with Gasteiger partial charge in [0.15, 0.2) is 18.1 Å². The topological polar surface area (TPSA) is 111 Å². The van der Waals surface area contributed by atoms with Crippen molar-refractivity contribution < 1.29 is 33.4 Å². The summed E-state index contributed by atoms with van der Waals surface area (Å²) in [6, 6.07) is 12.1. The van der Waals surface area contributed by atoms with Crippen LogP contribution in [0.15, 0.2) is 47.4 Å². The molecule has 3 amide bonds. The van der Waals surface area contributed by atoms with Crippen LogP contribution in [0.25, 0.3) is 6.08 Å². The van der Waals surface area contributed by atoms with Gasteiger partial charge in [-0.3, -0.25) is 19.3 Å². The SMILES string of the molecule is COC(=O)COc1c(/C=C2/SC(=O)N(CC(=O)Nc3cccc(C)c3)C2=O)cccc1OC. The van der Waals surface area contributed by atoms with Gasteiger partial charge in [-0.25, -0.2) is 4.79 Å². The summed E-state index contributed by atoms with van der Waals surface area (Å²) in [6.07, 6.45) is 1.46. The highest BCUT2D eigenvalue weighted by atomic mass is 32.2. The van der Waals surface area contributed by atoms with Gasteiger partial charge in [-0.1, -0.05) is 24.3 Å². The minimum absolute atomic E-state index is 0.111. The molecule has 172 valence electrons. The maximum atomic E-state index is 12.8. The molecule has 0 spiro atoms. The standard InChI is InChI=1S/C23H22N2O7S/c1-14-6-4-8-16(10-14)24-19(26)12-25-22(28)18(33-23(25)29)11-15-7-5-9-17(30-2)21(15)32-13-20(27)31-3/h4-11H,12-13H2,1-3H3,(H,24,26)/b18-11+. The molecule has 0 bridgehead atoms. The van der Waals surface area contributed by atoms with E-state index in [0.29, 0.717) is 28.8 Å². The first-order valence-electron chi connectivity index (χ1n) is 9.81. The van der Waals surface area contributed by atoms with Crippen LogP contribution in [0, 0.1) is 6.92 Å². The van der Waals surface area contributed by atoms with Crippen LogP contribution in [0.3, 0.4) is 0 Å². The number of thioether (sulfide) groups is 1. The van der Waals surface area contributed by atoms with Crippen LogP contribution < -0.4 is 14.8 Å². The third kappa shape index (κ3) is 5.92. The monoisotopic (exact) mass is 470 g/mol. The zero-order valence-electron chi connectivity index (χ0n) is 18.2. The third-order valence-corrected chi connectivity index (χ3v) is 5.46. The summed E-state index contributed by atoms with van der Waals surface area (Å²) < 4.78 is 15.4. The fourth-order valence-corrected chi connectivity index (χ4v) is 3.83. The van der Waals surface area contributed by atoms with Crippen LogP contribution >= 0.6 is 11.8 Å². The number of methoxy groups -OCH3 is 2. The summed E-state index contributed by atoms with van der Waals surface area (Å²) >= 11 is 0.709. The first kappa shape index (κ1) is 23.9. The van der Waals surface area contributed by atoms with Gasteiger partial charge in [0.25, 0.3) is 11.1 Å². The molecule has 0 radical (unpaired) electrons. The maximum absolute atomic E-state index is 12.8. The average Bonchev–Trinajstić information content (AvgIpc) is 3.05. The van der Waals surface area contributed by atoms with Crippen molar-refractivity contribution in [3.05, 3.63) is 58.5 Å². The number of nitrogens with one attached hydrogen (secondary N) is 1. The van der Waals surface area contributed by atoms with Gasteiger partial charge in [-0.2, -0.15) is 0 Å². The average molecular weight is 471 g/mol. The smallest absolute Gasteiger partial charge is 0.343 e. The molecule has 1 N–H and O–H groups in total. The molecule has 0 saturated carbocycles. The van der Waals surface area contributed by atoms with Crippen molar-refractivity contribution in [1.82, 2.24) is 4.90 Å². The molecule has 1 aliphatic rings. The molecule has 2 aromatic carbocycles. The van der Waals surface area contributed by atoms with Crippen LogP contribution in [-0.4, -0.2) is 55.3 Å². The Morgan fingerprint density at radius 1 is 1.12 bits per heavy atom. The van der Waals surface area contributed by atoms with Crippen LogP contribution in [-0.2, 0) is 19.1 Å². The molecule has 0 atom stereocenters. The molecule has 10 heteroatoms. The molecule has 9 nitrogen and oxygen atoms in total. The molecule has 1 saturated heterocycles. The van der Waals surface area contributed by atoms with Gasteiger partial charge in [-0.15, -0.1) is 0 Å². The van der Waals surface area contributed by atoms with E-state index in [1.807, 2.05) is 13.0 Å². The van der Waals surface area contributed by atoms with E-state index >= 15 is 0 Å². The quantitative estimate of drug-likeness (QED) is 0.462. The van der Waals surface area contributed by atoms with Crippen LogP contribution in [0.4, 0.5) is 10.5 Å². The number of carbonyl (C=O) groups is 4. The lowest BCUT2D eigenvalue weighted by atomic mass is 10.1. The fraction of sp³-hybridized carbons (Fsp3) is 0.217. The normalized spacial score (nSPS) is 14.4. The fourth-order valence-electron chi connectivity index (χ4n) is 3.00. The zero-order chi connectivity index (χ0) is 24.0. The number of anilines is 1. The number of nitrogens with zero attached hydrogens (tertiary/aromatic N) is 1. The Hall–Kier alpha value is -3.79. The Kier molecular flexibility index (Phi) is 7.73. The van der Waals surface area contributed by atoms with E-state index in [1.54, 1.807) is 36.4 Å². The number of aryl methyl sites for hydroxylation is 1. The second-order valence-electron chi connectivity index (χ2n) is 6.93. The van der Waals surface area contributed by atoms with E-state index in [4.69, 9.17) is 9.47 Å². The van der Waals surface area contributed by atoms with E-state index in [1.165, 1.54) is 20.3 Å². The van der Waals surface area contributed by atoms with Crippen molar-refractivity contribution in [1.29, 1.82) is 0 Å². The van der Waals surface area contributed by atoms with Gasteiger partial charge in [-0.05, 0) is 48.5 Å². The number of hydrogen-bond acceptors (Lipinski definition) is 8. The molecule has 1 aliphatic heterocycles. The van der Waals surface area contributed by atoms with Gasteiger partial charge < -0.3 is 19.5 Å². The van der Waals surface area contributed by atoms with Crippen LogP contribution in [0.1, 0.15) is 11.1 Å². The lowest BCUT2D eigenvalue weighted by Gasteiger charge is -2.13. The lowest BCUT2D eigenvalue weighted by Crippen LogP contribution is -2.36. The first-order chi connectivity index (χ1) is 15.8. The van der Waals surface area contributed by atoms with Gasteiger partial charge >= 0.3 is 5.97 Å². The molecular weight excluding hydrogens is 448 g/mol. The first-order valence-corrected chi connectivity index (χ1v) is 10.6. The molecule has 0 aliphatic carbocycles. The van der Waals surface area contributed by atoms with E-state index < -0.39 is 29.6 Å². The summed E-state index contributed by atoms with van der Waals surface area (Å²) in [5, 5.41) is 2.11. The van der Waals surface area contributed by atoms with Gasteiger partial charge in [0.2, 0.25) is 5.91 Å². The molecule has 0 aromatic heterocycles. The van der Waals surface area contributed by atoms with E-state index in [2.05, 4.69) is 10.1 Å². The second kappa shape index (κ2) is 10.7. The van der Waals surface area contributed by atoms with Crippen LogP contribution in [0.2, 0.25) is 0 Å². The maximum Gasteiger partial charge on any atom is 0.343 e. The number of rotatable bonds is 8. The minimum Gasteiger partial charge on any atom is -0.493 e. The molecular formula is C23H22N2O7S. The van der Waals surface area contributed by atoms with Crippen molar-refractivity contribution >= 4 is 46.5 Å². The summed E-state index contributed by atoms with van der Waals surface area (Å²) in [5.41, 5.74) is 1.96. The Morgan fingerprint density at radius 3 is 2.58 bits per heavy atom. The highest BCUT2D eigenvalue weighted by Gasteiger charge is 2.36. The number of carbonyl (C=O) groups excluding carboxylic acids is 4. The van der Waals surface area contributed by atoms with Crippen LogP contribution in [0.5, 0.6) is 11.5 Å². The van der Waals surface area contributed by atoms with E-state index in [0.717, 1.165) is 10.5 Å².